The quantitative estimate of drug-likeness (QED) is 0.782. The van der Waals surface area contributed by atoms with Crippen LogP contribution in [-0.2, 0) is 11.0 Å². The molecule has 8 heteroatoms. The molecule has 1 unspecified atom stereocenters. The first-order chi connectivity index (χ1) is 13.3. The number of hydrogen-bond donors (Lipinski definition) is 0. The van der Waals surface area contributed by atoms with Crippen molar-refractivity contribution in [2.24, 2.45) is 5.41 Å². The van der Waals surface area contributed by atoms with E-state index in [4.69, 9.17) is 0 Å². The summed E-state index contributed by atoms with van der Waals surface area (Å²) >= 11 is 0. The Balaban J connectivity index is 1.59. The maximum Gasteiger partial charge on any atom is 0.433 e. The second-order valence-electron chi connectivity index (χ2n) is 7.54. The molecule has 4 rings (SSSR count). The number of anilines is 2. The van der Waals surface area contributed by atoms with E-state index in [1.807, 2.05) is 36.1 Å². The Morgan fingerprint density at radius 3 is 2.64 bits per heavy atom. The summed E-state index contributed by atoms with van der Waals surface area (Å²) in [4.78, 5) is 24.6. The molecule has 2 aliphatic rings. The normalized spacial score (nSPS) is 22.9. The molecule has 2 saturated heterocycles. The maximum atomic E-state index is 13.3. The third-order valence-corrected chi connectivity index (χ3v) is 5.71. The second kappa shape index (κ2) is 6.76. The minimum Gasteiger partial charge on any atom is -0.340 e. The average Bonchev–Trinajstić information content (AvgIpc) is 2.97. The Morgan fingerprint density at radius 1 is 1.11 bits per heavy atom. The highest BCUT2D eigenvalue weighted by atomic mass is 19.4. The van der Waals surface area contributed by atoms with E-state index >= 15 is 0 Å². The van der Waals surface area contributed by atoms with E-state index in [0.29, 0.717) is 32.5 Å². The molecule has 0 bridgehead atoms. The van der Waals surface area contributed by atoms with Crippen molar-refractivity contribution in [1.29, 1.82) is 0 Å². The van der Waals surface area contributed by atoms with E-state index in [9.17, 15) is 18.0 Å². The third kappa shape index (κ3) is 3.21. The summed E-state index contributed by atoms with van der Waals surface area (Å²) in [6.07, 6.45) is -1.27. The first-order valence-corrected chi connectivity index (χ1v) is 9.33. The molecule has 1 aromatic carbocycles. The van der Waals surface area contributed by atoms with Crippen LogP contribution in [0.5, 0.6) is 0 Å². The number of nitrogens with zero attached hydrogens (tertiary/aromatic N) is 4. The number of carbonyl (C=O) groups excluding carboxylic acids is 1. The van der Waals surface area contributed by atoms with Crippen LogP contribution in [0.3, 0.4) is 0 Å². The Bertz CT molecular complexity index is 901. The number of piperidine rings is 1. The fourth-order valence-electron chi connectivity index (χ4n) is 4.26. The molecule has 0 saturated carbocycles. The Kier molecular flexibility index (Phi) is 4.51. The van der Waals surface area contributed by atoms with E-state index in [-0.39, 0.29) is 11.9 Å². The van der Waals surface area contributed by atoms with Gasteiger partial charge in [0.05, 0.1) is 5.41 Å². The molecule has 1 spiro atoms. The van der Waals surface area contributed by atoms with Crippen LogP contribution in [0.1, 0.15) is 30.5 Å². The van der Waals surface area contributed by atoms with Crippen LogP contribution < -0.4 is 9.80 Å². The molecular formula is C20H21F3N4O. The lowest BCUT2D eigenvalue weighted by Crippen LogP contribution is -2.48. The zero-order valence-corrected chi connectivity index (χ0v) is 15.5. The molecular weight excluding hydrogens is 369 g/mol. The molecule has 3 heterocycles. The standard InChI is InChI=1S/C20H21F3N4O/c1-14-5-2-3-6-15(14)27-12-9-19(17(27)28)8-4-11-26(13-19)18-24-10-7-16(25-18)20(21,22)23/h2-3,5-7,10H,4,8-9,11-13H2,1H3. The van der Waals surface area contributed by atoms with Gasteiger partial charge in [0.2, 0.25) is 11.9 Å². The number of halogens is 3. The van der Waals surface area contributed by atoms with Gasteiger partial charge in [-0.3, -0.25) is 4.79 Å². The number of aromatic nitrogens is 2. The lowest BCUT2D eigenvalue weighted by Gasteiger charge is -2.39. The number of para-hydroxylation sites is 1. The van der Waals surface area contributed by atoms with Crippen molar-refractivity contribution in [1.82, 2.24) is 9.97 Å². The van der Waals surface area contributed by atoms with Gasteiger partial charge in [0.15, 0.2) is 0 Å². The van der Waals surface area contributed by atoms with Crippen LogP contribution in [-0.4, -0.2) is 35.5 Å². The molecule has 5 nitrogen and oxygen atoms in total. The number of hydrogen-bond acceptors (Lipinski definition) is 4. The summed E-state index contributed by atoms with van der Waals surface area (Å²) in [6, 6.07) is 8.61. The van der Waals surface area contributed by atoms with Crippen LogP contribution >= 0.6 is 0 Å². The summed E-state index contributed by atoms with van der Waals surface area (Å²) in [5, 5.41) is 0. The molecule has 0 aliphatic carbocycles. The smallest absolute Gasteiger partial charge is 0.340 e. The molecule has 0 N–H and O–H groups in total. The van der Waals surface area contributed by atoms with Crippen LogP contribution in [0.15, 0.2) is 36.5 Å². The number of alkyl halides is 3. The third-order valence-electron chi connectivity index (χ3n) is 5.71. The summed E-state index contributed by atoms with van der Waals surface area (Å²) in [5.74, 6) is 0.0783. The van der Waals surface area contributed by atoms with Crippen molar-refractivity contribution < 1.29 is 18.0 Å². The van der Waals surface area contributed by atoms with Crippen LogP contribution in [0, 0.1) is 12.3 Å². The maximum absolute atomic E-state index is 13.3. The van der Waals surface area contributed by atoms with Crippen LogP contribution in [0.25, 0.3) is 0 Å². The average molecular weight is 390 g/mol. The summed E-state index contributed by atoms with van der Waals surface area (Å²) in [5.41, 5.74) is 0.369. The molecule has 28 heavy (non-hydrogen) atoms. The van der Waals surface area contributed by atoms with Gasteiger partial charge in [-0.25, -0.2) is 9.97 Å². The van der Waals surface area contributed by atoms with Crippen molar-refractivity contribution >= 4 is 17.5 Å². The topological polar surface area (TPSA) is 49.3 Å². The molecule has 1 atom stereocenters. The lowest BCUT2D eigenvalue weighted by atomic mass is 9.78. The predicted octanol–water partition coefficient (Wildman–Crippen LogP) is 3.83. The number of benzene rings is 1. The SMILES string of the molecule is Cc1ccccc1N1CCC2(CCCN(c3nccc(C(F)(F)F)n3)C2)C1=O. The van der Waals surface area contributed by atoms with Gasteiger partial charge in [-0.2, -0.15) is 13.2 Å². The largest absolute Gasteiger partial charge is 0.433 e. The van der Waals surface area contributed by atoms with Gasteiger partial charge in [-0.05, 0) is 43.9 Å². The highest BCUT2D eigenvalue weighted by molar-refractivity contribution is 6.01. The van der Waals surface area contributed by atoms with Gasteiger partial charge in [-0.15, -0.1) is 0 Å². The van der Waals surface area contributed by atoms with Gasteiger partial charge in [0, 0.05) is 31.5 Å². The van der Waals surface area contributed by atoms with Crippen LogP contribution in [0.2, 0.25) is 0 Å². The lowest BCUT2D eigenvalue weighted by molar-refractivity contribution is -0.141. The van der Waals surface area contributed by atoms with Gasteiger partial charge in [-0.1, -0.05) is 18.2 Å². The molecule has 2 aliphatic heterocycles. The zero-order valence-electron chi connectivity index (χ0n) is 15.5. The molecule has 2 fully saturated rings. The van der Waals surface area contributed by atoms with Crippen molar-refractivity contribution in [3.05, 3.63) is 47.8 Å². The monoisotopic (exact) mass is 390 g/mol. The van der Waals surface area contributed by atoms with Gasteiger partial charge >= 0.3 is 6.18 Å². The Labute approximate surface area is 161 Å². The molecule has 2 aromatic rings. The summed E-state index contributed by atoms with van der Waals surface area (Å²) in [6.45, 7) is 3.47. The second-order valence-corrected chi connectivity index (χ2v) is 7.54. The Hall–Kier alpha value is -2.64. The number of amides is 1. The van der Waals surface area contributed by atoms with Crippen molar-refractivity contribution in [2.45, 2.75) is 32.4 Å². The Morgan fingerprint density at radius 2 is 1.89 bits per heavy atom. The van der Waals surface area contributed by atoms with E-state index in [0.717, 1.165) is 29.9 Å². The predicted molar refractivity (Wildman–Crippen MR) is 99.1 cm³/mol. The van der Waals surface area contributed by atoms with Gasteiger partial charge < -0.3 is 9.80 Å². The fourth-order valence-corrected chi connectivity index (χ4v) is 4.26. The van der Waals surface area contributed by atoms with Crippen LogP contribution in [0.4, 0.5) is 24.8 Å². The van der Waals surface area contributed by atoms with Gasteiger partial charge in [0.1, 0.15) is 5.69 Å². The van der Waals surface area contributed by atoms with Crippen molar-refractivity contribution in [3.8, 4) is 0 Å². The number of rotatable bonds is 2. The highest BCUT2D eigenvalue weighted by Gasteiger charge is 2.50. The molecule has 0 radical (unpaired) electrons. The van der Waals surface area contributed by atoms with Gasteiger partial charge in [0.25, 0.3) is 0 Å². The van der Waals surface area contributed by atoms with Crippen molar-refractivity contribution in [2.75, 3.05) is 29.4 Å². The molecule has 1 amide bonds. The number of aryl methyl sites for hydroxylation is 1. The van der Waals surface area contributed by atoms with Crippen molar-refractivity contribution in [3.63, 3.8) is 0 Å². The minimum atomic E-state index is -4.52. The summed E-state index contributed by atoms with van der Waals surface area (Å²) < 4.78 is 39.0. The highest BCUT2D eigenvalue weighted by Crippen LogP contribution is 2.43. The molecule has 1 aromatic heterocycles. The van der Waals surface area contributed by atoms with E-state index < -0.39 is 17.3 Å². The fraction of sp³-hybridized carbons (Fsp3) is 0.450. The first kappa shape index (κ1) is 18.7. The van der Waals surface area contributed by atoms with E-state index in [1.165, 1.54) is 0 Å². The van der Waals surface area contributed by atoms with E-state index in [2.05, 4.69) is 9.97 Å². The first-order valence-electron chi connectivity index (χ1n) is 9.33. The zero-order chi connectivity index (χ0) is 19.9. The summed E-state index contributed by atoms with van der Waals surface area (Å²) in [7, 11) is 0. The minimum absolute atomic E-state index is 0.0380. The number of carbonyl (C=O) groups is 1. The molecule has 148 valence electrons. The van der Waals surface area contributed by atoms with E-state index in [1.54, 1.807) is 4.90 Å².